The predicted octanol–water partition coefficient (Wildman–Crippen LogP) is 1.61. The van der Waals surface area contributed by atoms with E-state index in [1.807, 2.05) is 4.90 Å². The molecular weight excluding hydrogens is 270 g/mol. The molecule has 1 rings (SSSR count). The molecule has 0 saturated carbocycles. The summed E-state index contributed by atoms with van der Waals surface area (Å²) in [6, 6.07) is -0.0119. The van der Waals surface area contributed by atoms with E-state index in [2.05, 4.69) is 24.1 Å². The highest BCUT2D eigenvalue weighted by atomic mass is 16.4. The maximum atomic E-state index is 12.1. The number of hydrogen-bond acceptors (Lipinski definition) is 3. The molecule has 2 amide bonds. The molecule has 0 bridgehead atoms. The lowest BCUT2D eigenvalue weighted by atomic mass is 9.93. The number of carbonyl (C=O) groups excluding carboxylic acids is 1. The van der Waals surface area contributed by atoms with Crippen LogP contribution in [0.1, 0.15) is 39.5 Å². The Morgan fingerprint density at radius 3 is 2.67 bits per heavy atom. The Balaban J connectivity index is 2.28. The molecular formula is C15H29N3O3. The number of urea groups is 1. The number of likely N-dealkylation sites (N-methyl/N-ethyl adjacent to an activating group) is 1. The number of aliphatic carboxylic acids is 1. The number of rotatable bonds is 8. The van der Waals surface area contributed by atoms with Crippen molar-refractivity contribution in [1.82, 2.24) is 15.1 Å². The summed E-state index contributed by atoms with van der Waals surface area (Å²) in [5.74, 6) is -0.431. The Labute approximate surface area is 127 Å². The summed E-state index contributed by atoms with van der Waals surface area (Å²) in [7, 11) is 0. The lowest BCUT2D eigenvalue weighted by Gasteiger charge is -2.32. The first-order valence-electron chi connectivity index (χ1n) is 8.03. The van der Waals surface area contributed by atoms with Crippen LogP contribution in [0.4, 0.5) is 4.79 Å². The van der Waals surface area contributed by atoms with E-state index in [4.69, 9.17) is 5.11 Å². The van der Waals surface area contributed by atoms with Gasteiger partial charge in [-0.2, -0.15) is 0 Å². The normalized spacial score (nSPS) is 18.8. The number of hydrogen-bond donors (Lipinski definition) is 2. The van der Waals surface area contributed by atoms with Crippen molar-refractivity contribution in [2.24, 2.45) is 5.92 Å². The average molecular weight is 299 g/mol. The molecule has 0 aromatic carbocycles. The van der Waals surface area contributed by atoms with Crippen LogP contribution >= 0.6 is 0 Å². The molecule has 2 N–H and O–H groups in total. The lowest BCUT2D eigenvalue weighted by molar-refractivity contribution is -0.137. The first kappa shape index (κ1) is 17.8. The van der Waals surface area contributed by atoms with Crippen LogP contribution in [0.5, 0.6) is 0 Å². The van der Waals surface area contributed by atoms with Crippen LogP contribution in [0.15, 0.2) is 0 Å². The van der Waals surface area contributed by atoms with Gasteiger partial charge in [0, 0.05) is 32.6 Å². The maximum Gasteiger partial charge on any atom is 0.317 e. The highest BCUT2D eigenvalue weighted by molar-refractivity contribution is 5.74. The summed E-state index contributed by atoms with van der Waals surface area (Å²) in [6.45, 7) is 9.21. The Bertz CT molecular complexity index is 332. The minimum Gasteiger partial charge on any atom is -0.481 e. The van der Waals surface area contributed by atoms with E-state index in [9.17, 15) is 9.59 Å². The summed E-state index contributed by atoms with van der Waals surface area (Å²) in [5, 5.41) is 11.7. The van der Waals surface area contributed by atoms with E-state index in [0.717, 1.165) is 39.0 Å². The largest absolute Gasteiger partial charge is 0.481 e. The molecule has 1 saturated heterocycles. The van der Waals surface area contributed by atoms with Gasteiger partial charge in [-0.1, -0.05) is 13.8 Å². The molecule has 0 spiro atoms. The lowest BCUT2D eigenvalue weighted by Crippen LogP contribution is -2.47. The summed E-state index contributed by atoms with van der Waals surface area (Å²) in [6.07, 6.45) is 2.85. The number of nitrogens with zero attached hydrogens (tertiary/aromatic N) is 2. The maximum absolute atomic E-state index is 12.1. The zero-order valence-corrected chi connectivity index (χ0v) is 13.3. The molecule has 1 aliphatic heterocycles. The second-order valence-electron chi connectivity index (χ2n) is 5.65. The minimum atomic E-state index is -0.754. The summed E-state index contributed by atoms with van der Waals surface area (Å²) >= 11 is 0. The smallest absolute Gasteiger partial charge is 0.317 e. The van der Waals surface area contributed by atoms with Gasteiger partial charge in [0.25, 0.3) is 0 Å². The Kier molecular flexibility index (Phi) is 8.12. The molecule has 0 radical (unpaired) electrons. The molecule has 1 unspecified atom stereocenters. The zero-order valence-electron chi connectivity index (χ0n) is 13.3. The highest BCUT2D eigenvalue weighted by Crippen LogP contribution is 2.20. The third-order valence-electron chi connectivity index (χ3n) is 4.17. The quantitative estimate of drug-likeness (QED) is 0.714. The molecule has 1 atom stereocenters. The number of amides is 2. The highest BCUT2D eigenvalue weighted by Gasteiger charge is 2.23. The Morgan fingerprint density at radius 2 is 2.05 bits per heavy atom. The number of piperidine rings is 1. The standard InChI is InChI=1S/C15H29N3O3/c1-3-17(4-2)11-9-16-15(21)18-10-5-6-13(12-18)7-8-14(19)20/h13H,3-12H2,1-2H3,(H,16,21)(H,19,20). The van der Waals surface area contributed by atoms with Crippen molar-refractivity contribution < 1.29 is 14.7 Å². The van der Waals surface area contributed by atoms with Crippen LogP contribution in [0, 0.1) is 5.92 Å². The van der Waals surface area contributed by atoms with Gasteiger partial charge in [-0.25, -0.2) is 4.79 Å². The van der Waals surface area contributed by atoms with Gasteiger partial charge >= 0.3 is 12.0 Å². The molecule has 1 fully saturated rings. The molecule has 1 heterocycles. The Hall–Kier alpha value is -1.30. The molecule has 122 valence electrons. The zero-order chi connectivity index (χ0) is 15.7. The topological polar surface area (TPSA) is 72.9 Å². The van der Waals surface area contributed by atoms with Gasteiger partial charge in [0.05, 0.1) is 0 Å². The van der Waals surface area contributed by atoms with Crippen LogP contribution in [0.25, 0.3) is 0 Å². The third kappa shape index (κ3) is 6.80. The summed E-state index contributed by atoms with van der Waals surface area (Å²) in [4.78, 5) is 26.8. The van der Waals surface area contributed by atoms with Crippen molar-refractivity contribution in [2.75, 3.05) is 39.3 Å². The van der Waals surface area contributed by atoms with Gasteiger partial charge in [0.1, 0.15) is 0 Å². The monoisotopic (exact) mass is 299 g/mol. The minimum absolute atomic E-state index is 0.0119. The molecule has 0 aromatic rings. The van der Waals surface area contributed by atoms with Crippen molar-refractivity contribution >= 4 is 12.0 Å². The summed E-state index contributed by atoms with van der Waals surface area (Å²) < 4.78 is 0. The van der Waals surface area contributed by atoms with Crippen LogP contribution in [-0.2, 0) is 4.79 Å². The molecule has 1 aliphatic rings. The van der Waals surface area contributed by atoms with Crippen molar-refractivity contribution in [2.45, 2.75) is 39.5 Å². The van der Waals surface area contributed by atoms with Crippen LogP contribution < -0.4 is 5.32 Å². The predicted molar refractivity (Wildman–Crippen MR) is 82.4 cm³/mol. The van der Waals surface area contributed by atoms with Gasteiger partial charge in [0.2, 0.25) is 0 Å². The van der Waals surface area contributed by atoms with Gasteiger partial charge < -0.3 is 20.2 Å². The fourth-order valence-corrected chi connectivity index (χ4v) is 2.79. The molecule has 6 heteroatoms. The number of carboxylic acid groups (broad SMARTS) is 1. The van der Waals surface area contributed by atoms with E-state index >= 15 is 0 Å². The molecule has 0 aliphatic carbocycles. The second-order valence-corrected chi connectivity index (χ2v) is 5.65. The number of carbonyl (C=O) groups is 2. The van der Waals surface area contributed by atoms with Gasteiger partial charge in [0.15, 0.2) is 0 Å². The van der Waals surface area contributed by atoms with Crippen molar-refractivity contribution in [1.29, 1.82) is 0 Å². The van der Waals surface area contributed by atoms with Gasteiger partial charge in [-0.05, 0) is 38.3 Å². The number of likely N-dealkylation sites (tertiary alicyclic amines) is 1. The van der Waals surface area contributed by atoms with Crippen molar-refractivity contribution in [3.8, 4) is 0 Å². The van der Waals surface area contributed by atoms with Crippen LogP contribution in [0.2, 0.25) is 0 Å². The number of carboxylic acids is 1. The van der Waals surface area contributed by atoms with Crippen LogP contribution in [0.3, 0.4) is 0 Å². The molecule has 6 nitrogen and oxygen atoms in total. The number of nitrogens with one attached hydrogen (secondary N) is 1. The van der Waals surface area contributed by atoms with E-state index in [0.29, 0.717) is 25.4 Å². The van der Waals surface area contributed by atoms with E-state index < -0.39 is 5.97 Å². The molecule has 21 heavy (non-hydrogen) atoms. The second kappa shape index (κ2) is 9.60. The van der Waals surface area contributed by atoms with E-state index in [1.165, 1.54) is 0 Å². The fraction of sp³-hybridized carbons (Fsp3) is 0.867. The van der Waals surface area contributed by atoms with E-state index in [1.54, 1.807) is 0 Å². The fourth-order valence-electron chi connectivity index (χ4n) is 2.79. The van der Waals surface area contributed by atoms with Crippen molar-refractivity contribution in [3.05, 3.63) is 0 Å². The average Bonchev–Trinajstić information content (AvgIpc) is 2.49. The Morgan fingerprint density at radius 1 is 1.33 bits per heavy atom. The first-order valence-corrected chi connectivity index (χ1v) is 8.03. The first-order chi connectivity index (χ1) is 10.1. The van der Waals surface area contributed by atoms with E-state index in [-0.39, 0.29) is 12.5 Å². The molecule has 0 aromatic heterocycles. The SMILES string of the molecule is CCN(CC)CCNC(=O)N1CCCC(CCC(=O)O)C1. The van der Waals surface area contributed by atoms with Crippen molar-refractivity contribution in [3.63, 3.8) is 0 Å². The van der Waals surface area contributed by atoms with Gasteiger partial charge in [-0.15, -0.1) is 0 Å². The van der Waals surface area contributed by atoms with Gasteiger partial charge in [-0.3, -0.25) is 4.79 Å². The van der Waals surface area contributed by atoms with Crippen LogP contribution in [-0.4, -0.2) is 66.2 Å². The summed E-state index contributed by atoms with van der Waals surface area (Å²) in [5.41, 5.74) is 0. The third-order valence-corrected chi connectivity index (χ3v) is 4.17.